The average Bonchev–Trinajstić information content (AvgIpc) is 3.29. The lowest BCUT2D eigenvalue weighted by Crippen LogP contribution is -2.36. The zero-order valence-corrected chi connectivity index (χ0v) is 17.6. The van der Waals surface area contributed by atoms with Crippen LogP contribution in [0.2, 0.25) is 0 Å². The quantitative estimate of drug-likeness (QED) is 0.722. The van der Waals surface area contributed by atoms with Crippen LogP contribution in [0.3, 0.4) is 0 Å². The highest BCUT2D eigenvalue weighted by Gasteiger charge is 2.36. The lowest BCUT2D eigenvalue weighted by Gasteiger charge is -2.25. The number of carbonyl (C=O) groups is 2. The maximum Gasteiger partial charge on any atom is 0.253 e. The summed E-state index contributed by atoms with van der Waals surface area (Å²) in [6.45, 7) is 1.28. The van der Waals surface area contributed by atoms with Gasteiger partial charge in [-0.15, -0.1) is 0 Å². The summed E-state index contributed by atoms with van der Waals surface area (Å²) < 4.78 is 24.4. The molecule has 7 nitrogen and oxygen atoms in total. The summed E-state index contributed by atoms with van der Waals surface area (Å²) in [6.07, 6.45) is 6.23. The van der Waals surface area contributed by atoms with Crippen LogP contribution in [0.5, 0.6) is 0 Å². The Kier molecular flexibility index (Phi) is 5.98. The summed E-state index contributed by atoms with van der Waals surface area (Å²) in [7, 11) is -0.108. The fourth-order valence-electron chi connectivity index (χ4n) is 4.20. The molecule has 1 unspecified atom stereocenters. The van der Waals surface area contributed by atoms with E-state index in [9.17, 15) is 18.0 Å². The number of hydrogen-bond acceptors (Lipinski definition) is 4. The second-order valence-electron chi connectivity index (χ2n) is 8.02. The molecule has 1 aliphatic heterocycles. The Morgan fingerprint density at radius 3 is 2.32 bits per heavy atom. The van der Waals surface area contributed by atoms with Crippen LogP contribution in [0.15, 0.2) is 24.3 Å². The molecule has 1 aliphatic carbocycles. The molecule has 1 heterocycles. The van der Waals surface area contributed by atoms with Gasteiger partial charge in [-0.1, -0.05) is 12.8 Å². The number of hydrogen-bond donors (Lipinski definition) is 0. The highest BCUT2D eigenvalue weighted by Crippen LogP contribution is 2.29. The van der Waals surface area contributed by atoms with E-state index in [1.54, 1.807) is 36.2 Å². The number of anilines is 1. The van der Waals surface area contributed by atoms with Crippen molar-refractivity contribution in [3.63, 3.8) is 0 Å². The number of rotatable bonds is 6. The maximum atomic E-state index is 12.7. The van der Waals surface area contributed by atoms with Crippen molar-refractivity contribution in [2.75, 3.05) is 37.7 Å². The van der Waals surface area contributed by atoms with Gasteiger partial charge in [0.25, 0.3) is 5.91 Å². The van der Waals surface area contributed by atoms with Crippen molar-refractivity contribution < 1.29 is 18.0 Å². The second-order valence-corrected chi connectivity index (χ2v) is 10.0. The summed E-state index contributed by atoms with van der Waals surface area (Å²) in [5.41, 5.74) is 1.01. The van der Waals surface area contributed by atoms with E-state index in [1.807, 2.05) is 4.90 Å². The first kappa shape index (κ1) is 20.6. The monoisotopic (exact) mass is 407 g/mol. The molecule has 1 atom stereocenters. The minimum absolute atomic E-state index is 0.125. The van der Waals surface area contributed by atoms with E-state index < -0.39 is 10.0 Å². The Morgan fingerprint density at radius 1 is 1.14 bits per heavy atom. The molecular formula is C20H29N3O4S. The second kappa shape index (κ2) is 8.11. The van der Waals surface area contributed by atoms with Crippen molar-refractivity contribution in [3.8, 4) is 0 Å². The zero-order chi connectivity index (χ0) is 20.5. The Balaban J connectivity index is 1.59. The molecule has 3 rings (SSSR count). The average molecular weight is 408 g/mol. The maximum absolute atomic E-state index is 12.7. The predicted molar refractivity (Wildman–Crippen MR) is 109 cm³/mol. The van der Waals surface area contributed by atoms with Crippen LogP contribution in [-0.4, -0.2) is 69.5 Å². The molecule has 0 N–H and O–H groups in total. The van der Waals surface area contributed by atoms with Crippen molar-refractivity contribution in [1.82, 2.24) is 9.80 Å². The van der Waals surface area contributed by atoms with E-state index in [0.29, 0.717) is 30.3 Å². The van der Waals surface area contributed by atoms with Crippen molar-refractivity contribution in [2.24, 2.45) is 5.92 Å². The van der Waals surface area contributed by atoms with E-state index in [1.165, 1.54) is 24.2 Å². The summed E-state index contributed by atoms with van der Waals surface area (Å²) in [4.78, 5) is 28.7. The first-order chi connectivity index (χ1) is 13.2. The fraction of sp³-hybridized carbons (Fsp3) is 0.600. The Morgan fingerprint density at radius 2 is 1.75 bits per heavy atom. The fourth-order valence-corrected chi connectivity index (χ4v) is 4.70. The molecule has 2 fully saturated rings. The molecule has 0 radical (unpaired) electrons. The topological polar surface area (TPSA) is 78.0 Å². The Labute approximate surface area is 167 Å². The molecular weight excluding hydrogens is 378 g/mol. The van der Waals surface area contributed by atoms with Crippen LogP contribution < -0.4 is 4.31 Å². The van der Waals surface area contributed by atoms with Gasteiger partial charge in [0, 0.05) is 51.1 Å². The highest BCUT2D eigenvalue weighted by molar-refractivity contribution is 7.92. The molecule has 1 aromatic carbocycles. The van der Waals surface area contributed by atoms with Gasteiger partial charge in [0.05, 0.1) is 11.9 Å². The minimum atomic E-state index is -3.34. The van der Waals surface area contributed by atoms with Gasteiger partial charge in [-0.3, -0.25) is 13.9 Å². The van der Waals surface area contributed by atoms with Crippen molar-refractivity contribution in [1.29, 1.82) is 0 Å². The van der Waals surface area contributed by atoms with E-state index >= 15 is 0 Å². The molecule has 154 valence electrons. The third-order valence-corrected chi connectivity index (χ3v) is 7.06. The van der Waals surface area contributed by atoms with E-state index in [-0.39, 0.29) is 17.7 Å². The molecule has 1 aromatic rings. The molecule has 8 heteroatoms. The van der Waals surface area contributed by atoms with Crippen LogP contribution in [0.4, 0.5) is 5.69 Å². The van der Waals surface area contributed by atoms with Crippen LogP contribution >= 0.6 is 0 Å². The van der Waals surface area contributed by atoms with Crippen LogP contribution in [0, 0.1) is 5.92 Å². The van der Waals surface area contributed by atoms with Gasteiger partial charge in [-0.2, -0.15) is 0 Å². The number of likely N-dealkylation sites (tertiary alicyclic amines) is 1. The molecule has 28 heavy (non-hydrogen) atoms. The van der Waals surface area contributed by atoms with E-state index in [0.717, 1.165) is 25.6 Å². The smallest absolute Gasteiger partial charge is 0.253 e. The van der Waals surface area contributed by atoms with Crippen LogP contribution in [-0.2, 0) is 14.8 Å². The number of amides is 2. The van der Waals surface area contributed by atoms with Gasteiger partial charge in [0.1, 0.15) is 0 Å². The first-order valence-corrected chi connectivity index (χ1v) is 11.6. The molecule has 0 spiro atoms. The van der Waals surface area contributed by atoms with Crippen molar-refractivity contribution in [2.45, 2.75) is 38.1 Å². The van der Waals surface area contributed by atoms with Crippen molar-refractivity contribution >= 4 is 27.5 Å². The third kappa shape index (κ3) is 4.48. The summed E-state index contributed by atoms with van der Waals surface area (Å²) >= 11 is 0. The largest absolute Gasteiger partial charge is 0.341 e. The molecule has 1 saturated heterocycles. The number of nitrogens with zero attached hydrogens (tertiary/aromatic N) is 3. The molecule has 0 bridgehead atoms. The van der Waals surface area contributed by atoms with Gasteiger partial charge in [-0.25, -0.2) is 8.42 Å². The lowest BCUT2D eigenvalue weighted by atomic mass is 10.1. The highest BCUT2D eigenvalue weighted by atomic mass is 32.2. The molecule has 2 aliphatic rings. The normalized spacial score (nSPS) is 20.6. The van der Waals surface area contributed by atoms with Gasteiger partial charge in [0.15, 0.2) is 0 Å². The summed E-state index contributed by atoms with van der Waals surface area (Å²) in [5.74, 6) is 0.254. The number of benzene rings is 1. The molecule has 0 aromatic heterocycles. The van der Waals surface area contributed by atoms with E-state index in [4.69, 9.17) is 0 Å². The van der Waals surface area contributed by atoms with Crippen molar-refractivity contribution in [3.05, 3.63) is 29.8 Å². The zero-order valence-electron chi connectivity index (χ0n) is 16.8. The SMILES string of the molecule is CN(CC1CC(=O)N(C2CCCC2)C1)C(=O)c1ccc(N(C)S(C)(=O)=O)cc1. The summed E-state index contributed by atoms with van der Waals surface area (Å²) in [6, 6.07) is 6.92. The van der Waals surface area contributed by atoms with Crippen LogP contribution in [0.25, 0.3) is 0 Å². The predicted octanol–water partition coefficient (Wildman–Crippen LogP) is 1.95. The third-order valence-electron chi connectivity index (χ3n) is 5.86. The lowest BCUT2D eigenvalue weighted by molar-refractivity contribution is -0.129. The Hall–Kier alpha value is -2.09. The number of sulfonamides is 1. The first-order valence-electron chi connectivity index (χ1n) is 9.75. The standard InChI is InChI=1S/C20H29N3O4S/c1-21(13-15-12-19(24)23(14-15)18-6-4-5-7-18)20(25)16-8-10-17(11-9-16)22(2)28(3,26)27/h8-11,15,18H,4-7,12-14H2,1-3H3. The van der Waals surface area contributed by atoms with Gasteiger partial charge in [-0.05, 0) is 37.1 Å². The molecule has 1 saturated carbocycles. The van der Waals surface area contributed by atoms with E-state index in [2.05, 4.69) is 0 Å². The van der Waals surface area contributed by atoms with Crippen LogP contribution in [0.1, 0.15) is 42.5 Å². The van der Waals surface area contributed by atoms with Gasteiger partial charge in [0.2, 0.25) is 15.9 Å². The number of carbonyl (C=O) groups excluding carboxylic acids is 2. The van der Waals surface area contributed by atoms with Gasteiger partial charge >= 0.3 is 0 Å². The minimum Gasteiger partial charge on any atom is -0.341 e. The van der Waals surface area contributed by atoms with Gasteiger partial charge < -0.3 is 9.80 Å². The summed E-state index contributed by atoms with van der Waals surface area (Å²) in [5, 5.41) is 0. The molecule has 2 amide bonds. The Bertz CT molecular complexity index is 832.